The molecule has 0 bridgehead atoms. The standard InChI is InChI=1S/C26H24N2O/c1-19-18-22(29-2)16-17-23(19)28-26(21-12-7-4-8-13-21)25-15-9-14-24(27-25)20-10-5-3-6-11-20/h3-18,26,28H,1-2H3. The molecule has 0 amide bonds. The molecular weight excluding hydrogens is 356 g/mol. The SMILES string of the molecule is COc1ccc(NC(c2ccccc2)c2cccc(-c3ccccc3)n2)c(C)c1. The van der Waals surface area contributed by atoms with Crippen LogP contribution in [0, 0.1) is 6.92 Å². The Kier molecular flexibility index (Phi) is 5.57. The molecule has 3 aromatic carbocycles. The van der Waals surface area contributed by atoms with Crippen molar-refractivity contribution in [1.82, 2.24) is 4.98 Å². The Morgan fingerprint density at radius 3 is 2.21 bits per heavy atom. The molecule has 0 aliphatic heterocycles. The van der Waals surface area contributed by atoms with E-state index in [1.54, 1.807) is 7.11 Å². The van der Waals surface area contributed by atoms with Crippen molar-refractivity contribution in [3.8, 4) is 17.0 Å². The zero-order chi connectivity index (χ0) is 20.1. The van der Waals surface area contributed by atoms with Crippen LogP contribution < -0.4 is 10.1 Å². The van der Waals surface area contributed by atoms with Gasteiger partial charge in [0.2, 0.25) is 0 Å². The van der Waals surface area contributed by atoms with E-state index in [1.165, 1.54) is 5.56 Å². The maximum Gasteiger partial charge on any atom is 0.119 e. The number of anilines is 1. The van der Waals surface area contributed by atoms with Crippen molar-refractivity contribution < 1.29 is 4.74 Å². The van der Waals surface area contributed by atoms with Gasteiger partial charge >= 0.3 is 0 Å². The van der Waals surface area contributed by atoms with Crippen LogP contribution in [-0.4, -0.2) is 12.1 Å². The van der Waals surface area contributed by atoms with Crippen LogP contribution in [0.2, 0.25) is 0 Å². The highest BCUT2D eigenvalue weighted by Gasteiger charge is 2.17. The minimum atomic E-state index is -0.0630. The van der Waals surface area contributed by atoms with Crippen LogP contribution in [0.4, 0.5) is 5.69 Å². The molecule has 1 heterocycles. The molecule has 0 aliphatic carbocycles. The van der Waals surface area contributed by atoms with E-state index in [-0.39, 0.29) is 6.04 Å². The van der Waals surface area contributed by atoms with Crippen molar-refractivity contribution in [1.29, 1.82) is 0 Å². The molecule has 1 atom stereocenters. The molecule has 29 heavy (non-hydrogen) atoms. The Hall–Kier alpha value is -3.59. The highest BCUT2D eigenvalue weighted by Crippen LogP contribution is 2.30. The summed E-state index contributed by atoms with van der Waals surface area (Å²) < 4.78 is 5.35. The zero-order valence-electron chi connectivity index (χ0n) is 16.7. The van der Waals surface area contributed by atoms with Crippen molar-refractivity contribution >= 4 is 5.69 Å². The van der Waals surface area contributed by atoms with Gasteiger partial charge in [0.05, 0.1) is 24.5 Å². The smallest absolute Gasteiger partial charge is 0.119 e. The number of benzene rings is 3. The molecule has 4 rings (SSSR count). The maximum absolute atomic E-state index is 5.35. The second-order valence-corrected chi connectivity index (χ2v) is 6.98. The second kappa shape index (κ2) is 8.61. The third kappa shape index (κ3) is 4.30. The number of methoxy groups -OCH3 is 1. The summed E-state index contributed by atoms with van der Waals surface area (Å²) in [6, 6.07) is 32.9. The minimum absolute atomic E-state index is 0.0630. The van der Waals surface area contributed by atoms with Crippen LogP contribution in [0.1, 0.15) is 22.9 Å². The first-order valence-electron chi connectivity index (χ1n) is 9.73. The van der Waals surface area contributed by atoms with Gasteiger partial charge in [-0.25, -0.2) is 0 Å². The lowest BCUT2D eigenvalue weighted by atomic mass is 10.0. The van der Waals surface area contributed by atoms with Gasteiger partial charge in [0.25, 0.3) is 0 Å². The summed E-state index contributed by atoms with van der Waals surface area (Å²) in [5, 5.41) is 3.69. The summed E-state index contributed by atoms with van der Waals surface area (Å²) in [5.74, 6) is 0.855. The minimum Gasteiger partial charge on any atom is -0.497 e. The molecular formula is C26H24N2O. The van der Waals surface area contributed by atoms with E-state index < -0.39 is 0 Å². The fraction of sp³-hybridized carbons (Fsp3) is 0.115. The average molecular weight is 380 g/mol. The van der Waals surface area contributed by atoms with E-state index in [0.29, 0.717) is 0 Å². The largest absolute Gasteiger partial charge is 0.497 e. The van der Waals surface area contributed by atoms with Gasteiger partial charge in [0.15, 0.2) is 0 Å². The Bertz CT molecular complexity index is 1080. The van der Waals surface area contributed by atoms with Gasteiger partial charge in [-0.05, 0) is 48.4 Å². The molecule has 1 unspecified atom stereocenters. The summed E-state index contributed by atoms with van der Waals surface area (Å²) in [5.41, 5.74) is 6.42. The highest BCUT2D eigenvalue weighted by molar-refractivity contribution is 5.60. The number of aromatic nitrogens is 1. The van der Waals surface area contributed by atoms with E-state index in [4.69, 9.17) is 9.72 Å². The van der Waals surface area contributed by atoms with Gasteiger partial charge in [0.1, 0.15) is 5.75 Å². The fourth-order valence-corrected chi connectivity index (χ4v) is 3.44. The summed E-state index contributed by atoms with van der Waals surface area (Å²) in [6.07, 6.45) is 0. The van der Waals surface area contributed by atoms with Gasteiger partial charge in [0, 0.05) is 11.3 Å². The second-order valence-electron chi connectivity index (χ2n) is 6.98. The molecule has 0 saturated carbocycles. The maximum atomic E-state index is 5.35. The number of rotatable bonds is 6. The quantitative estimate of drug-likeness (QED) is 0.428. The molecule has 0 aliphatic rings. The first-order valence-corrected chi connectivity index (χ1v) is 9.73. The molecule has 1 aromatic heterocycles. The van der Waals surface area contributed by atoms with Crippen LogP contribution >= 0.6 is 0 Å². The summed E-state index contributed by atoms with van der Waals surface area (Å²) >= 11 is 0. The van der Waals surface area contributed by atoms with E-state index in [1.807, 2.05) is 36.4 Å². The van der Waals surface area contributed by atoms with Gasteiger partial charge in [-0.15, -0.1) is 0 Å². The molecule has 3 heteroatoms. The van der Waals surface area contributed by atoms with Crippen molar-refractivity contribution in [3.63, 3.8) is 0 Å². The summed E-state index contributed by atoms with van der Waals surface area (Å²) in [6.45, 7) is 2.08. The van der Waals surface area contributed by atoms with Crippen LogP contribution in [0.15, 0.2) is 97.1 Å². The lowest BCUT2D eigenvalue weighted by Gasteiger charge is -2.22. The van der Waals surface area contributed by atoms with Gasteiger partial charge < -0.3 is 10.1 Å². The van der Waals surface area contributed by atoms with Gasteiger partial charge in [-0.3, -0.25) is 4.98 Å². The Labute approximate surface area is 172 Å². The third-order valence-electron chi connectivity index (χ3n) is 5.00. The predicted molar refractivity (Wildman–Crippen MR) is 119 cm³/mol. The van der Waals surface area contributed by atoms with Crippen LogP contribution in [0.5, 0.6) is 5.75 Å². The van der Waals surface area contributed by atoms with E-state index in [9.17, 15) is 0 Å². The number of hydrogen-bond donors (Lipinski definition) is 1. The number of nitrogens with zero attached hydrogens (tertiary/aromatic N) is 1. The van der Waals surface area contributed by atoms with E-state index >= 15 is 0 Å². The Morgan fingerprint density at radius 1 is 0.793 bits per heavy atom. The van der Waals surface area contributed by atoms with Crippen molar-refractivity contribution in [2.45, 2.75) is 13.0 Å². The van der Waals surface area contributed by atoms with Crippen molar-refractivity contribution in [2.75, 3.05) is 12.4 Å². The topological polar surface area (TPSA) is 34.1 Å². The summed E-state index contributed by atoms with van der Waals surface area (Å²) in [4.78, 5) is 4.99. The number of ether oxygens (including phenoxy) is 1. The fourth-order valence-electron chi connectivity index (χ4n) is 3.44. The first kappa shape index (κ1) is 18.8. The molecule has 0 saturated heterocycles. The zero-order valence-corrected chi connectivity index (χ0v) is 16.7. The van der Waals surface area contributed by atoms with Crippen molar-refractivity contribution in [2.24, 2.45) is 0 Å². The molecule has 4 aromatic rings. The lowest BCUT2D eigenvalue weighted by Crippen LogP contribution is -2.15. The first-order chi connectivity index (χ1) is 14.2. The third-order valence-corrected chi connectivity index (χ3v) is 5.00. The monoisotopic (exact) mass is 380 g/mol. The number of nitrogens with one attached hydrogen (secondary N) is 1. The molecule has 144 valence electrons. The summed E-state index contributed by atoms with van der Waals surface area (Å²) in [7, 11) is 1.69. The molecule has 3 nitrogen and oxygen atoms in total. The Morgan fingerprint density at radius 2 is 1.52 bits per heavy atom. The highest BCUT2D eigenvalue weighted by atomic mass is 16.5. The van der Waals surface area contributed by atoms with Crippen LogP contribution in [0.3, 0.4) is 0 Å². The van der Waals surface area contributed by atoms with E-state index in [2.05, 4.69) is 72.9 Å². The van der Waals surface area contributed by atoms with Gasteiger partial charge in [-0.1, -0.05) is 66.7 Å². The number of pyridine rings is 1. The van der Waals surface area contributed by atoms with E-state index in [0.717, 1.165) is 34.0 Å². The predicted octanol–water partition coefficient (Wildman–Crippen LogP) is 6.27. The molecule has 0 fully saturated rings. The average Bonchev–Trinajstić information content (AvgIpc) is 2.79. The Balaban J connectivity index is 1.74. The molecule has 0 radical (unpaired) electrons. The molecule has 1 N–H and O–H groups in total. The number of hydrogen-bond acceptors (Lipinski definition) is 3. The van der Waals surface area contributed by atoms with Crippen LogP contribution in [-0.2, 0) is 0 Å². The van der Waals surface area contributed by atoms with Crippen molar-refractivity contribution in [3.05, 3.63) is 114 Å². The van der Waals surface area contributed by atoms with Crippen LogP contribution in [0.25, 0.3) is 11.3 Å². The normalized spacial score (nSPS) is 11.7. The molecule has 0 spiro atoms. The number of aryl methyl sites for hydroxylation is 1. The lowest BCUT2D eigenvalue weighted by molar-refractivity contribution is 0.414. The van der Waals surface area contributed by atoms with Gasteiger partial charge in [-0.2, -0.15) is 0 Å².